The minimum Gasteiger partial charge on any atom is -0.318 e. The zero-order chi connectivity index (χ0) is 13.6. The van der Waals surface area contributed by atoms with Crippen LogP contribution in [0.3, 0.4) is 0 Å². The van der Waals surface area contributed by atoms with Gasteiger partial charge >= 0.3 is 15.6 Å². The highest BCUT2D eigenvalue weighted by atomic mass is 33.1. The molecule has 0 aromatic heterocycles. The Balaban J connectivity index is 2.42. The molecule has 1 aromatic rings. The van der Waals surface area contributed by atoms with E-state index < -0.39 is 15.6 Å². The van der Waals surface area contributed by atoms with E-state index in [-0.39, 0.29) is 0 Å². The van der Waals surface area contributed by atoms with E-state index in [2.05, 4.69) is 8.46 Å². The maximum absolute atomic E-state index is 10.4. The fourth-order valence-electron chi connectivity index (χ4n) is 0.893. The summed E-state index contributed by atoms with van der Waals surface area (Å²) in [4.78, 5) is 35.0. The Labute approximate surface area is 112 Å². The van der Waals surface area contributed by atoms with Crippen LogP contribution in [0.15, 0.2) is 34.5 Å². The molecule has 18 heavy (non-hydrogen) atoms. The number of phosphoric acid groups is 1. The van der Waals surface area contributed by atoms with E-state index in [4.69, 9.17) is 19.6 Å². The average molecular weight is 331 g/mol. The van der Waals surface area contributed by atoms with E-state index in [0.717, 1.165) is 16.5 Å². The summed E-state index contributed by atoms with van der Waals surface area (Å²) in [5, 5.41) is 0. The van der Waals surface area contributed by atoms with Crippen molar-refractivity contribution in [2.75, 3.05) is 0 Å². The van der Waals surface area contributed by atoms with Gasteiger partial charge in [-0.05, 0) is 5.56 Å². The smallest absolute Gasteiger partial charge is 0.318 e. The van der Waals surface area contributed by atoms with Gasteiger partial charge in [0.05, 0.1) is 0 Å². The van der Waals surface area contributed by atoms with Gasteiger partial charge in [0, 0.05) is 16.7 Å². The van der Waals surface area contributed by atoms with Crippen LogP contribution in [0.25, 0.3) is 0 Å². The highest BCUT2D eigenvalue weighted by molar-refractivity contribution is 8.76. The normalized spacial score (nSPS) is 12.4. The van der Waals surface area contributed by atoms with Crippen LogP contribution in [0.5, 0.6) is 0 Å². The van der Waals surface area contributed by atoms with Gasteiger partial charge in [-0.25, -0.2) is 8.88 Å². The van der Waals surface area contributed by atoms with E-state index in [9.17, 15) is 4.57 Å². The lowest BCUT2D eigenvalue weighted by Gasteiger charge is -2.10. The van der Waals surface area contributed by atoms with Gasteiger partial charge < -0.3 is 19.6 Å². The summed E-state index contributed by atoms with van der Waals surface area (Å²) in [6, 6.07) is 9.38. The van der Waals surface area contributed by atoms with Crippen molar-refractivity contribution >= 4 is 37.3 Å². The van der Waals surface area contributed by atoms with Crippen molar-refractivity contribution in [2.24, 2.45) is 4.15 Å². The molecule has 0 atom stereocenters. The van der Waals surface area contributed by atoms with Crippen molar-refractivity contribution in [3.05, 3.63) is 35.9 Å². The van der Waals surface area contributed by atoms with Gasteiger partial charge in [-0.1, -0.05) is 41.1 Å². The van der Waals surface area contributed by atoms with Gasteiger partial charge in [0.15, 0.2) is 0 Å². The summed E-state index contributed by atoms with van der Waals surface area (Å²) >= 11 is 0. The molecule has 0 bridgehead atoms. The summed E-state index contributed by atoms with van der Waals surface area (Å²) in [5.41, 5.74) is 1.01. The van der Waals surface area contributed by atoms with Crippen LogP contribution in [0, 0.1) is 0 Å². The van der Waals surface area contributed by atoms with Gasteiger partial charge in [0.25, 0.3) is 0 Å². The van der Waals surface area contributed by atoms with Crippen LogP contribution in [0.4, 0.5) is 0 Å². The van der Waals surface area contributed by atoms with Gasteiger partial charge in [-0.15, -0.1) is 4.15 Å². The first-order valence-corrected chi connectivity index (χ1v) is 9.82. The fourth-order valence-corrected chi connectivity index (χ4v) is 5.11. The maximum Gasteiger partial charge on any atom is 0.477 e. The minimum atomic E-state index is -4.96. The van der Waals surface area contributed by atoms with E-state index in [1.165, 1.54) is 10.8 Å². The Morgan fingerprint density at radius 2 is 1.78 bits per heavy atom. The third-order valence-corrected chi connectivity index (χ3v) is 6.15. The first kappa shape index (κ1) is 16.2. The van der Waals surface area contributed by atoms with E-state index in [0.29, 0.717) is 5.75 Å². The van der Waals surface area contributed by atoms with E-state index >= 15 is 0 Å². The Hall–Kier alpha value is 0.180. The molecule has 0 unspecified atom stereocenters. The van der Waals surface area contributed by atoms with Gasteiger partial charge in [-0.2, -0.15) is 0 Å². The zero-order valence-electron chi connectivity index (χ0n) is 8.86. The summed E-state index contributed by atoms with van der Waals surface area (Å²) in [7, 11) is -7.44. The lowest BCUT2D eigenvalue weighted by Crippen LogP contribution is -1.85. The van der Waals surface area contributed by atoms with Gasteiger partial charge in [-0.3, -0.25) is 0 Å². The topological polar surface area (TPSA) is 120 Å². The van der Waals surface area contributed by atoms with Crippen molar-refractivity contribution in [1.29, 1.82) is 0 Å². The predicted octanol–water partition coefficient (Wildman–Crippen LogP) is 2.52. The Kier molecular flexibility index (Phi) is 6.40. The Morgan fingerprint density at radius 1 is 1.17 bits per heavy atom. The number of nitrogens with zero attached hydrogens (tertiary/aromatic N) is 1. The third kappa shape index (κ3) is 7.58. The molecule has 1 rings (SSSR count). The molecule has 0 saturated carbocycles. The van der Waals surface area contributed by atoms with Crippen LogP contribution < -0.4 is 0 Å². The van der Waals surface area contributed by atoms with Crippen molar-refractivity contribution in [3.8, 4) is 0 Å². The number of hydrogen-bond donors (Lipinski definition) is 4. The maximum atomic E-state index is 10.4. The summed E-state index contributed by atoms with van der Waals surface area (Å²) in [5.74, 6) is 0.560. The van der Waals surface area contributed by atoms with E-state index in [1.807, 2.05) is 30.3 Å². The first-order valence-electron chi connectivity index (χ1n) is 4.45. The molecule has 0 aliphatic heterocycles. The quantitative estimate of drug-likeness (QED) is 0.272. The Bertz CT molecular complexity index is 472. The molecule has 0 radical (unpaired) electrons. The third-order valence-electron chi connectivity index (χ3n) is 1.48. The second-order valence-electron chi connectivity index (χ2n) is 2.99. The number of benzene rings is 1. The molecule has 0 aliphatic carbocycles. The standard InChI is InChI=1S/C7H11NO6P2S2/c9-15(10,14-16(11,12)13)8-18-17-6-7-4-2-1-3-5-7/h1-5,9-10H,6H2,(H2,11,12,13). The lowest BCUT2D eigenvalue weighted by molar-refractivity contribution is 0.255. The molecule has 102 valence electrons. The lowest BCUT2D eigenvalue weighted by atomic mass is 10.2. The van der Waals surface area contributed by atoms with Crippen LogP contribution in [0.2, 0.25) is 0 Å². The summed E-state index contributed by atoms with van der Waals surface area (Å²) in [6.07, 6.45) is 0. The molecule has 0 heterocycles. The molecule has 0 amide bonds. The highest BCUT2D eigenvalue weighted by Crippen LogP contribution is 2.58. The molecule has 1 aromatic carbocycles. The molecule has 7 nitrogen and oxygen atoms in total. The van der Waals surface area contributed by atoms with Crippen molar-refractivity contribution in [1.82, 2.24) is 0 Å². The SMILES string of the molecule is O=P(O)(O)OP(O)(O)=NSSCc1ccccc1. The second-order valence-corrected chi connectivity index (χ2v) is 8.13. The average Bonchev–Trinajstić information content (AvgIpc) is 2.23. The summed E-state index contributed by atoms with van der Waals surface area (Å²) < 4.78 is 17.4. The van der Waals surface area contributed by atoms with E-state index in [1.54, 1.807) is 0 Å². The van der Waals surface area contributed by atoms with Gasteiger partial charge in [0.1, 0.15) is 0 Å². The molecule has 0 aliphatic rings. The predicted molar refractivity (Wildman–Crippen MR) is 72.2 cm³/mol. The van der Waals surface area contributed by atoms with Crippen LogP contribution in [-0.2, 0) is 14.6 Å². The van der Waals surface area contributed by atoms with Crippen LogP contribution in [-0.4, -0.2) is 19.6 Å². The molecular formula is C7H11NO6P2S2. The summed E-state index contributed by atoms with van der Waals surface area (Å²) in [6.45, 7) is 0. The highest BCUT2D eigenvalue weighted by Gasteiger charge is 2.26. The second kappa shape index (κ2) is 7.09. The van der Waals surface area contributed by atoms with Crippen molar-refractivity contribution in [2.45, 2.75) is 5.75 Å². The number of rotatable bonds is 6. The van der Waals surface area contributed by atoms with Gasteiger partial charge in [0.2, 0.25) is 0 Å². The molecule has 4 N–H and O–H groups in total. The molecule has 0 spiro atoms. The fraction of sp³-hybridized carbons (Fsp3) is 0.143. The molecular weight excluding hydrogens is 320 g/mol. The molecule has 11 heteroatoms. The monoisotopic (exact) mass is 331 g/mol. The van der Waals surface area contributed by atoms with Crippen molar-refractivity contribution < 1.29 is 28.4 Å². The zero-order valence-corrected chi connectivity index (χ0v) is 12.3. The van der Waals surface area contributed by atoms with Crippen molar-refractivity contribution in [3.63, 3.8) is 0 Å². The first-order chi connectivity index (χ1) is 8.29. The minimum absolute atomic E-state index is 0.560. The molecule has 0 saturated heterocycles. The largest absolute Gasteiger partial charge is 0.477 e. The Morgan fingerprint density at radius 3 is 2.33 bits per heavy atom. The molecule has 0 fully saturated rings. The number of hydrogen-bond acceptors (Lipinski definition) is 5. The van der Waals surface area contributed by atoms with Crippen LogP contribution in [0.1, 0.15) is 5.56 Å². The van der Waals surface area contributed by atoms with Crippen LogP contribution >= 0.6 is 37.3 Å².